The molecule has 0 saturated carbocycles. The van der Waals surface area contributed by atoms with Crippen LogP contribution in [0.2, 0.25) is 0 Å². The van der Waals surface area contributed by atoms with Crippen molar-refractivity contribution >= 4 is 17.5 Å². The molecule has 4 heteroatoms. The highest BCUT2D eigenvalue weighted by molar-refractivity contribution is 8.04. The van der Waals surface area contributed by atoms with Gasteiger partial charge in [-0.1, -0.05) is 24.3 Å². The number of thiocyanates is 1. The van der Waals surface area contributed by atoms with E-state index in [1.54, 1.807) is 12.1 Å². The Morgan fingerprint density at radius 1 is 1.38 bits per heavy atom. The number of Topliss-reactive ketones (excluding diaryl/α,β-unsaturated/α-hetero) is 1. The highest BCUT2D eigenvalue weighted by atomic mass is 32.2. The molecule has 0 aliphatic carbocycles. The first-order valence-corrected chi connectivity index (χ1v) is 5.59. The zero-order chi connectivity index (χ0) is 12.0. The van der Waals surface area contributed by atoms with Gasteiger partial charge in [-0.3, -0.25) is 4.79 Å². The first kappa shape index (κ1) is 12.3. The molecule has 1 aromatic rings. The van der Waals surface area contributed by atoms with Crippen LogP contribution in [0.25, 0.3) is 0 Å². The van der Waals surface area contributed by atoms with E-state index in [9.17, 15) is 4.79 Å². The number of hydrogen-bond acceptors (Lipinski definition) is 4. The number of carbonyl (C=O) groups excluding carboxylic acids is 1. The summed E-state index contributed by atoms with van der Waals surface area (Å²) in [6.45, 7) is 1.51. The molecule has 0 aromatic heterocycles. The third-order valence-corrected chi connectivity index (χ3v) is 2.78. The van der Waals surface area contributed by atoms with Crippen molar-refractivity contribution in [1.29, 1.82) is 10.5 Å². The molecule has 0 aliphatic heterocycles. The molecule has 0 fully saturated rings. The normalized spacial score (nSPS) is 11.2. The fourth-order valence-electron chi connectivity index (χ4n) is 1.27. The Kier molecular flexibility index (Phi) is 4.57. The van der Waals surface area contributed by atoms with Crippen LogP contribution >= 0.6 is 11.8 Å². The van der Waals surface area contributed by atoms with E-state index in [4.69, 9.17) is 10.5 Å². The summed E-state index contributed by atoms with van der Waals surface area (Å²) in [4.78, 5) is 11.0. The molecule has 1 rings (SSSR count). The number of nitrogens with zero attached hydrogens (tertiary/aromatic N) is 2. The minimum absolute atomic E-state index is 0.0229. The van der Waals surface area contributed by atoms with Crippen LogP contribution in [0.4, 0.5) is 0 Å². The lowest BCUT2D eigenvalue weighted by Gasteiger charge is -2.04. The Morgan fingerprint density at radius 3 is 2.44 bits per heavy atom. The van der Waals surface area contributed by atoms with Crippen LogP contribution < -0.4 is 0 Å². The van der Waals surface area contributed by atoms with Gasteiger partial charge in [-0.2, -0.15) is 10.5 Å². The maximum atomic E-state index is 11.0. The van der Waals surface area contributed by atoms with Crippen LogP contribution in [0.15, 0.2) is 24.3 Å². The van der Waals surface area contributed by atoms with E-state index in [-0.39, 0.29) is 11.0 Å². The zero-order valence-corrected chi connectivity index (χ0v) is 9.62. The third-order valence-electron chi connectivity index (χ3n) is 2.12. The minimum Gasteiger partial charge on any atom is -0.295 e. The number of ketones is 1. The van der Waals surface area contributed by atoms with Gasteiger partial charge in [0.05, 0.1) is 6.07 Å². The highest BCUT2D eigenvalue weighted by Crippen LogP contribution is 2.15. The molecule has 1 atom stereocenters. The van der Waals surface area contributed by atoms with Gasteiger partial charge >= 0.3 is 0 Å². The molecule has 0 amide bonds. The largest absolute Gasteiger partial charge is 0.295 e. The minimum atomic E-state index is -0.354. The van der Waals surface area contributed by atoms with Crippen molar-refractivity contribution in [1.82, 2.24) is 0 Å². The second-order valence-electron chi connectivity index (χ2n) is 3.28. The predicted molar refractivity (Wildman–Crippen MR) is 62.8 cm³/mol. The van der Waals surface area contributed by atoms with Crippen molar-refractivity contribution in [3.8, 4) is 11.5 Å². The molecule has 0 saturated heterocycles. The van der Waals surface area contributed by atoms with Crippen LogP contribution in [-0.2, 0) is 6.42 Å². The lowest BCUT2D eigenvalue weighted by molar-refractivity contribution is 0.101. The summed E-state index contributed by atoms with van der Waals surface area (Å²) in [5.74, 6) is 0.0229. The summed E-state index contributed by atoms with van der Waals surface area (Å²) in [5.41, 5.74) is 1.62. The van der Waals surface area contributed by atoms with Crippen LogP contribution in [0.3, 0.4) is 0 Å². The Morgan fingerprint density at radius 2 is 2.00 bits per heavy atom. The zero-order valence-electron chi connectivity index (χ0n) is 8.80. The number of benzene rings is 1. The fraction of sp³-hybridized carbons (Fsp3) is 0.250. The number of nitriles is 2. The van der Waals surface area contributed by atoms with E-state index < -0.39 is 0 Å². The van der Waals surface area contributed by atoms with Crippen molar-refractivity contribution in [2.24, 2.45) is 0 Å². The highest BCUT2D eigenvalue weighted by Gasteiger charge is 2.09. The number of hydrogen-bond donors (Lipinski definition) is 0. The maximum Gasteiger partial charge on any atom is 0.159 e. The average molecular weight is 230 g/mol. The van der Waals surface area contributed by atoms with Gasteiger partial charge in [0.2, 0.25) is 0 Å². The molecule has 0 bridgehead atoms. The summed E-state index contributed by atoms with van der Waals surface area (Å²) in [6, 6.07) is 9.18. The number of rotatable bonds is 4. The lowest BCUT2D eigenvalue weighted by atomic mass is 10.1. The topological polar surface area (TPSA) is 64.7 Å². The molecule has 3 nitrogen and oxygen atoms in total. The summed E-state index contributed by atoms with van der Waals surface area (Å²) in [5, 5.41) is 18.8. The summed E-state index contributed by atoms with van der Waals surface area (Å²) in [6.07, 6.45) is 0.521. The van der Waals surface area contributed by atoms with Crippen LogP contribution in [-0.4, -0.2) is 11.0 Å². The van der Waals surface area contributed by atoms with E-state index in [1.807, 2.05) is 17.5 Å². The molecule has 0 spiro atoms. The Bertz CT molecular complexity index is 453. The first-order chi connectivity index (χ1) is 7.67. The monoisotopic (exact) mass is 230 g/mol. The van der Waals surface area contributed by atoms with Gasteiger partial charge in [0.1, 0.15) is 10.7 Å². The molecular formula is C12H10N2OS. The van der Waals surface area contributed by atoms with Gasteiger partial charge in [-0.15, -0.1) is 0 Å². The van der Waals surface area contributed by atoms with E-state index in [1.165, 1.54) is 6.92 Å². The van der Waals surface area contributed by atoms with Gasteiger partial charge in [-0.05, 0) is 30.7 Å². The van der Waals surface area contributed by atoms with E-state index in [2.05, 4.69) is 6.07 Å². The molecule has 0 heterocycles. The smallest absolute Gasteiger partial charge is 0.159 e. The van der Waals surface area contributed by atoms with Crippen molar-refractivity contribution in [3.05, 3.63) is 35.4 Å². The van der Waals surface area contributed by atoms with Crippen molar-refractivity contribution in [3.63, 3.8) is 0 Å². The molecule has 1 aromatic carbocycles. The van der Waals surface area contributed by atoms with Gasteiger partial charge in [0.15, 0.2) is 5.78 Å². The fourth-order valence-corrected chi connectivity index (χ4v) is 1.72. The van der Waals surface area contributed by atoms with Gasteiger partial charge in [-0.25, -0.2) is 0 Å². The Hall–Kier alpha value is -1.78. The number of thioether (sulfide) groups is 1. The maximum absolute atomic E-state index is 11.0. The van der Waals surface area contributed by atoms with Crippen molar-refractivity contribution < 1.29 is 4.79 Å². The second kappa shape index (κ2) is 5.95. The molecule has 1 unspecified atom stereocenters. The van der Waals surface area contributed by atoms with E-state index >= 15 is 0 Å². The third kappa shape index (κ3) is 3.42. The van der Waals surface area contributed by atoms with Crippen LogP contribution in [0, 0.1) is 22.0 Å². The number of carbonyl (C=O) groups is 1. The van der Waals surface area contributed by atoms with E-state index in [0.717, 1.165) is 17.3 Å². The first-order valence-electron chi connectivity index (χ1n) is 4.71. The van der Waals surface area contributed by atoms with Crippen molar-refractivity contribution in [2.75, 3.05) is 0 Å². The van der Waals surface area contributed by atoms with Crippen LogP contribution in [0.5, 0.6) is 0 Å². The summed E-state index contributed by atoms with van der Waals surface area (Å²) < 4.78 is 0. The van der Waals surface area contributed by atoms with Crippen LogP contribution in [0.1, 0.15) is 22.8 Å². The SMILES string of the molecule is CC(=O)c1ccc(CC(C#N)SC#N)cc1. The lowest BCUT2D eigenvalue weighted by Crippen LogP contribution is -2.03. The summed E-state index contributed by atoms with van der Waals surface area (Å²) >= 11 is 0.959. The molecule has 16 heavy (non-hydrogen) atoms. The molecule has 0 N–H and O–H groups in total. The summed E-state index contributed by atoms with van der Waals surface area (Å²) in [7, 11) is 0. The van der Waals surface area contributed by atoms with Gasteiger partial charge in [0, 0.05) is 5.56 Å². The standard InChI is InChI=1S/C12H10N2OS/c1-9(15)11-4-2-10(3-5-11)6-12(7-13)16-8-14/h2-5,12H,6H2,1H3. The molecule has 80 valence electrons. The molecule has 0 aliphatic rings. The molecule has 0 radical (unpaired) electrons. The quantitative estimate of drug-likeness (QED) is 0.589. The predicted octanol–water partition coefficient (Wildman–Crippen LogP) is 2.54. The average Bonchev–Trinajstić information content (AvgIpc) is 2.29. The second-order valence-corrected chi connectivity index (χ2v) is 4.27. The Balaban J connectivity index is 2.73. The van der Waals surface area contributed by atoms with E-state index in [0.29, 0.717) is 12.0 Å². The van der Waals surface area contributed by atoms with Crippen molar-refractivity contribution in [2.45, 2.75) is 18.6 Å². The van der Waals surface area contributed by atoms with Gasteiger partial charge < -0.3 is 0 Å². The van der Waals surface area contributed by atoms with Gasteiger partial charge in [0.25, 0.3) is 0 Å². The Labute approximate surface area is 98.7 Å². The molecular weight excluding hydrogens is 220 g/mol.